The molecule has 0 saturated heterocycles. The maximum Gasteiger partial charge on any atom is 0.357 e. The Labute approximate surface area is 121 Å². The van der Waals surface area contributed by atoms with E-state index in [-0.39, 0.29) is 5.69 Å². The van der Waals surface area contributed by atoms with Gasteiger partial charge >= 0.3 is 11.9 Å². The van der Waals surface area contributed by atoms with Crippen LogP contribution in [-0.4, -0.2) is 32.8 Å². The summed E-state index contributed by atoms with van der Waals surface area (Å²) in [4.78, 5) is 22.9. The molecule has 1 atom stereocenters. The van der Waals surface area contributed by atoms with Crippen molar-refractivity contribution in [3.8, 4) is 0 Å². The highest BCUT2D eigenvalue weighted by Crippen LogP contribution is 2.22. The first kappa shape index (κ1) is 15.0. The standard InChI is InChI=1S/C14H17N3O4/c1-14(2,3)21-13(20)10(15)7-4-5-8-9(6-7)16-17-11(8)12(18)19/h4-6,10H,15H2,1-3H3,(H,16,17)(H,18,19). The van der Waals surface area contributed by atoms with E-state index in [2.05, 4.69) is 10.2 Å². The normalized spacial score (nSPS) is 13.1. The van der Waals surface area contributed by atoms with Gasteiger partial charge in [0.25, 0.3) is 0 Å². The van der Waals surface area contributed by atoms with Gasteiger partial charge in [0.1, 0.15) is 11.6 Å². The predicted octanol–water partition coefficient (Wildman–Crippen LogP) is 1.60. The summed E-state index contributed by atoms with van der Waals surface area (Å²) in [5.74, 6) is -1.66. The molecule has 7 heteroatoms. The van der Waals surface area contributed by atoms with Crippen LogP contribution in [0.1, 0.15) is 42.9 Å². The van der Waals surface area contributed by atoms with Crippen LogP contribution in [-0.2, 0) is 9.53 Å². The van der Waals surface area contributed by atoms with Gasteiger partial charge in [0, 0.05) is 5.39 Å². The van der Waals surface area contributed by atoms with Gasteiger partial charge in [0.2, 0.25) is 0 Å². The highest BCUT2D eigenvalue weighted by atomic mass is 16.6. The first-order valence-corrected chi connectivity index (χ1v) is 6.39. The molecule has 0 radical (unpaired) electrons. The Bertz CT molecular complexity index is 700. The van der Waals surface area contributed by atoms with Crippen LogP contribution in [0.4, 0.5) is 0 Å². The first-order chi connectivity index (χ1) is 9.69. The average Bonchev–Trinajstić information content (AvgIpc) is 2.78. The minimum Gasteiger partial charge on any atom is -0.476 e. The molecule has 0 aliphatic carbocycles. The number of rotatable bonds is 3. The van der Waals surface area contributed by atoms with Crippen molar-refractivity contribution < 1.29 is 19.4 Å². The lowest BCUT2D eigenvalue weighted by atomic mass is 10.0. The molecule has 0 saturated carbocycles. The fourth-order valence-electron chi connectivity index (χ4n) is 1.90. The number of aromatic carboxylic acids is 1. The molecule has 1 heterocycles. The van der Waals surface area contributed by atoms with E-state index < -0.39 is 23.6 Å². The minimum atomic E-state index is -1.12. The molecule has 4 N–H and O–H groups in total. The second-order valence-corrected chi connectivity index (χ2v) is 5.69. The van der Waals surface area contributed by atoms with Crippen LogP contribution < -0.4 is 5.73 Å². The van der Waals surface area contributed by atoms with E-state index in [4.69, 9.17) is 15.6 Å². The van der Waals surface area contributed by atoms with E-state index in [1.807, 2.05) is 0 Å². The Morgan fingerprint density at radius 1 is 1.38 bits per heavy atom. The molecule has 1 aromatic carbocycles. The Hall–Kier alpha value is -2.41. The molecule has 21 heavy (non-hydrogen) atoms. The number of nitrogens with one attached hydrogen (secondary N) is 1. The number of carboxylic acid groups (broad SMARTS) is 1. The molecular weight excluding hydrogens is 274 g/mol. The van der Waals surface area contributed by atoms with Gasteiger partial charge in [-0.15, -0.1) is 0 Å². The van der Waals surface area contributed by atoms with E-state index in [0.29, 0.717) is 16.5 Å². The lowest BCUT2D eigenvalue weighted by Gasteiger charge is -2.22. The van der Waals surface area contributed by atoms with Crippen molar-refractivity contribution in [2.75, 3.05) is 0 Å². The third kappa shape index (κ3) is 3.19. The highest BCUT2D eigenvalue weighted by molar-refractivity contribution is 6.01. The number of aromatic amines is 1. The van der Waals surface area contributed by atoms with Crippen molar-refractivity contribution >= 4 is 22.8 Å². The number of fused-ring (bicyclic) bond motifs is 1. The Morgan fingerprint density at radius 3 is 2.62 bits per heavy atom. The second kappa shape index (κ2) is 5.17. The molecule has 2 rings (SSSR count). The summed E-state index contributed by atoms with van der Waals surface area (Å²) >= 11 is 0. The summed E-state index contributed by atoms with van der Waals surface area (Å²) < 4.78 is 5.23. The molecule has 0 aliphatic heterocycles. The lowest BCUT2D eigenvalue weighted by Crippen LogP contribution is -2.31. The number of H-pyrrole nitrogens is 1. The van der Waals surface area contributed by atoms with Gasteiger partial charge in [0.15, 0.2) is 5.69 Å². The number of aromatic nitrogens is 2. The number of carbonyl (C=O) groups excluding carboxylic acids is 1. The Morgan fingerprint density at radius 2 is 2.05 bits per heavy atom. The molecule has 112 valence electrons. The summed E-state index contributed by atoms with van der Waals surface area (Å²) in [7, 11) is 0. The van der Waals surface area contributed by atoms with Crippen LogP contribution in [0.5, 0.6) is 0 Å². The number of carboxylic acids is 1. The molecule has 0 fully saturated rings. The molecular formula is C14H17N3O4. The largest absolute Gasteiger partial charge is 0.476 e. The van der Waals surface area contributed by atoms with Crippen LogP contribution in [0.3, 0.4) is 0 Å². The number of esters is 1. The fraction of sp³-hybridized carbons (Fsp3) is 0.357. The number of carbonyl (C=O) groups is 2. The average molecular weight is 291 g/mol. The van der Waals surface area contributed by atoms with E-state index in [1.165, 1.54) is 0 Å². The monoisotopic (exact) mass is 291 g/mol. The first-order valence-electron chi connectivity index (χ1n) is 6.39. The van der Waals surface area contributed by atoms with Gasteiger partial charge in [0.05, 0.1) is 5.52 Å². The van der Waals surface area contributed by atoms with E-state index in [9.17, 15) is 9.59 Å². The van der Waals surface area contributed by atoms with E-state index in [0.717, 1.165) is 0 Å². The van der Waals surface area contributed by atoms with E-state index >= 15 is 0 Å². The minimum absolute atomic E-state index is 0.0672. The number of nitrogens with zero attached hydrogens (tertiary/aromatic N) is 1. The van der Waals surface area contributed by atoms with Crippen LogP contribution in [0.2, 0.25) is 0 Å². The summed E-state index contributed by atoms with van der Waals surface area (Å²) in [5, 5.41) is 15.8. The van der Waals surface area contributed by atoms with Gasteiger partial charge < -0.3 is 15.6 Å². The van der Waals surface area contributed by atoms with Crippen molar-refractivity contribution in [2.45, 2.75) is 32.4 Å². The number of hydrogen-bond donors (Lipinski definition) is 3. The zero-order valence-electron chi connectivity index (χ0n) is 12.0. The van der Waals surface area contributed by atoms with Crippen molar-refractivity contribution in [2.24, 2.45) is 5.73 Å². The maximum atomic E-state index is 11.9. The number of nitrogens with two attached hydrogens (primary N) is 1. The highest BCUT2D eigenvalue weighted by Gasteiger charge is 2.24. The summed E-state index contributed by atoms with van der Waals surface area (Å²) in [6, 6.07) is 3.83. The molecule has 2 aromatic rings. The zero-order valence-corrected chi connectivity index (χ0v) is 12.0. The van der Waals surface area contributed by atoms with Gasteiger partial charge in [-0.1, -0.05) is 6.07 Å². The fourth-order valence-corrected chi connectivity index (χ4v) is 1.90. The third-order valence-electron chi connectivity index (χ3n) is 2.81. The van der Waals surface area contributed by atoms with Crippen LogP contribution in [0, 0.1) is 0 Å². The summed E-state index contributed by atoms with van der Waals surface area (Å²) in [6.45, 7) is 5.28. The number of hydrogen-bond acceptors (Lipinski definition) is 5. The molecule has 0 amide bonds. The maximum absolute atomic E-state index is 11.9. The molecule has 1 unspecified atom stereocenters. The van der Waals surface area contributed by atoms with Crippen LogP contribution >= 0.6 is 0 Å². The third-order valence-corrected chi connectivity index (χ3v) is 2.81. The van der Waals surface area contributed by atoms with Crippen molar-refractivity contribution in [3.05, 3.63) is 29.5 Å². The number of ether oxygens (including phenoxy) is 1. The topological polar surface area (TPSA) is 118 Å². The molecule has 0 spiro atoms. The van der Waals surface area contributed by atoms with Gasteiger partial charge in [-0.3, -0.25) is 5.10 Å². The molecule has 1 aromatic heterocycles. The molecule has 0 aliphatic rings. The quantitative estimate of drug-likeness (QED) is 0.739. The van der Waals surface area contributed by atoms with Gasteiger partial charge in [-0.2, -0.15) is 5.10 Å². The lowest BCUT2D eigenvalue weighted by molar-refractivity contribution is -0.156. The number of benzene rings is 1. The second-order valence-electron chi connectivity index (χ2n) is 5.69. The van der Waals surface area contributed by atoms with Gasteiger partial charge in [-0.25, -0.2) is 9.59 Å². The Kier molecular flexibility index (Phi) is 3.69. The molecule has 0 bridgehead atoms. The van der Waals surface area contributed by atoms with Crippen LogP contribution in [0.25, 0.3) is 10.9 Å². The van der Waals surface area contributed by atoms with Gasteiger partial charge in [-0.05, 0) is 38.5 Å². The Balaban J connectivity index is 2.31. The SMILES string of the molecule is CC(C)(C)OC(=O)C(N)c1ccc2c(C(=O)O)n[nH]c2c1. The molecule has 7 nitrogen and oxygen atoms in total. The predicted molar refractivity (Wildman–Crippen MR) is 75.8 cm³/mol. The summed E-state index contributed by atoms with van der Waals surface area (Å²) in [5.41, 5.74) is 6.22. The van der Waals surface area contributed by atoms with Crippen molar-refractivity contribution in [1.29, 1.82) is 0 Å². The van der Waals surface area contributed by atoms with Crippen LogP contribution in [0.15, 0.2) is 18.2 Å². The zero-order chi connectivity index (χ0) is 15.8. The van der Waals surface area contributed by atoms with E-state index in [1.54, 1.807) is 39.0 Å². The summed E-state index contributed by atoms with van der Waals surface area (Å²) in [6.07, 6.45) is 0. The van der Waals surface area contributed by atoms with Crippen molar-refractivity contribution in [3.63, 3.8) is 0 Å². The van der Waals surface area contributed by atoms with Crippen molar-refractivity contribution in [1.82, 2.24) is 10.2 Å². The smallest absolute Gasteiger partial charge is 0.357 e.